The standard InChI is InChI=1S/C15H13ClF2N2O3S/c1-20(2)24(22,23)9-6-7-11(16)10(8-9)15(21)19-13-5-3-4-12(17)14(13)18/h3-8H,1-2H3,(H,19,21). The van der Waals surface area contributed by atoms with Crippen LogP contribution in [0, 0.1) is 11.6 Å². The molecular weight excluding hydrogens is 362 g/mol. The number of hydrogen-bond donors (Lipinski definition) is 1. The predicted octanol–water partition coefficient (Wildman–Crippen LogP) is 3.12. The normalized spacial score (nSPS) is 11.6. The fourth-order valence-electron chi connectivity index (χ4n) is 1.84. The minimum Gasteiger partial charge on any atom is -0.319 e. The smallest absolute Gasteiger partial charge is 0.257 e. The maximum absolute atomic E-state index is 13.6. The van der Waals surface area contributed by atoms with Crippen LogP contribution < -0.4 is 5.32 Å². The summed E-state index contributed by atoms with van der Waals surface area (Å²) in [6.07, 6.45) is 0. The first kappa shape index (κ1) is 18.3. The highest BCUT2D eigenvalue weighted by Gasteiger charge is 2.21. The molecule has 0 bridgehead atoms. The third-order valence-electron chi connectivity index (χ3n) is 3.16. The van der Waals surface area contributed by atoms with Crippen LogP contribution in [-0.2, 0) is 10.0 Å². The molecule has 0 unspecified atom stereocenters. The summed E-state index contributed by atoms with van der Waals surface area (Å²) in [5.74, 6) is -3.21. The first-order valence-corrected chi connectivity index (χ1v) is 8.44. The molecule has 0 saturated heterocycles. The van der Waals surface area contributed by atoms with Gasteiger partial charge in [0.1, 0.15) is 0 Å². The van der Waals surface area contributed by atoms with E-state index in [9.17, 15) is 22.0 Å². The molecule has 128 valence electrons. The summed E-state index contributed by atoms with van der Waals surface area (Å²) in [5, 5.41) is 2.14. The molecule has 0 radical (unpaired) electrons. The van der Waals surface area contributed by atoms with E-state index in [2.05, 4.69) is 5.32 Å². The van der Waals surface area contributed by atoms with Gasteiger partial charge in [-0.25, -0.2) is 21.5 Å². The van der Waals surface area contributed by atoms with E-state index in [0.29, 0.717) is 0 Å². The van der Waals surface area contributed by atoms with E-state index >= 15 is 0 Å². The number of amides is 1. The van der Waals surface area contributed by atoms with E-state index in [-0.39, 0.29) is 21.2 Å². The zero-order valence-corrected chi connectivity index (χ0v) is 14.3. The Bertz CT molecular complexity index is 902. The highest BCUT2D eigenvalue weighted by atomic mass is 35.5. The summed E-state index contributed by atoms with van der Waals surface area (Å²) in [7, 11) is -1.10. The summed E-state index contributed by atoms with van der Waals surface area (Å²) >= 11 is 5.92. The quantitative estimate of drug-likeness (QED) is 0.894. The largest absolute Gasteiger partial charge is 0.319 e. The van der Waals surface area contributed by atoms with Crippen LogP contribution in [-0.4, -0.2) is 32.7 Å². The second-order valence-corrected chi connectivity index (χ2v) is 7.54. The van der Waals surface area contributed by atoms with Gasteiger partial charge in [-0.2, -0.15) is 0 Å². The molecule has 5 nitrogen and oxygen atoms in total. The molecule has 2 aromatic rings. The summed E-state index contributed by atoms with van der Waals surface area (Å²) < 4.78 is 52.0. The van der Waals surface area contributed by atoms with Gasteiger partial charge in [-0.3, -0.25) is 4.79 Å². The lowest BCUT2D eigenvalue weighted by atomic mass is 10.2. The Hall–Kier alpha value is -2.03. The summed E-state index contributed by atoms with van der Waals surface area (Å²) in [6, 6.07) is 6.87. The van der Waals surface area contributed by atoms with Gasteiger partial charge in [0.2, 0.25) is 10.0 Å². The monoisotopic (exact) mass is 374 g/mol. The first-order valence-electron chi connectivity index (χ1n) is 6.62. The topological polar surface area (TPSA) is 66.5 Å². The Kier molecular flexibility index (Phi) is 5.22. The molecule has 1 N–H and O–H groups in total. The molecule has 2 aromatic carbocycles. The second-order valence-electron chi connectivity index (χ2n) is 4.98. The lowest BCUT2D eigenvalue weighted by molar-refractivity contribution is 0.102. The van der Waals surface area contributed by atoms with Gasteiger partial charge in [-0.05, 0) is 30.3 Å². The maximum Gasteiger partial charge on any atom is 0.257 e. The number of nitrogens with one attached hydrogen (secondary N) is 1. The number of carbonyl (C=O) groups is 1. The van der Waals surface area contributed by atoms with Crippen molar-refractivity contribution in [2.75, 3.05) is 19.4 Å². The molecule has 2 rings (SSSR count). The molecule has 0 aliphatic heterocycles. The summed E-state index contributed by atoms with van der Waals surface area (Å²) in [5.41, 5.74) is -0.555. The highest BCUT2D eigenvalue weighted by molar-refractivity contribution is 7.89. The third kappa shape index (κ3) is 3.55. The zero-order chi connectivity index (χ0) is 18.1. The zero-order valence-electron chi connectivity index (χ0n) is 12.7. The van der Waals surface area contributed by atoms with E-state index in [4.69, 9.17) is 11.6 Å². The lowest BCUT2D eigenvalue weighted by Gasteiger charge is -2.13. The van der Waals surface area contributed by atoms with Gasteiger partial charge in [0.05, 0.1) is 21.2 Å². The molecule has 0 atom stereocenters. The van der Waals surface area contributed by atoms with Crippen LogP contribution in [0.15, 0.2) is 41.3 Å². The van der Waals surface area contributed by atoms with Crippen LogP contribution in [0.3, 0.4) is 0 Å². The third-order valence-corrected chi connectivity index (χ3v) is 5.30. The maximum atomic E-state index is 13.6. The van der Waals surface area contributed by atoms with Gasteiger partial charge in [0.15, 0.2) is 11.6 Å². The first-order chi connectivity index (χ1) is 11.1. The van der Waals surface area contributed by atoms with Crippen molar-refractivity contribution >= 4 is 33.2 Å². The molecule has 0 saturated carbocycles. The van der Waals surface area contributed by atoms with Gasteiger partial charge in [-0.1, -0.05) is 17.7 Å². The van der Waals surface area contributed by atoms with Gasteiger partial charge in [-0.15, -0.1) is 0 Å². The number of benzene rings is 2. The Morgan fingerprint density at radius 1 is 1.17 bits per heavy atom. The number of hydrogen-bond acceptors (Lipinski definition) is 3. The van der Waals surface area contributed by atoms with Crippen molar-refractivity contribution in [3.8, 4) is 0 Å². The van der Waals surface area contributed by atoms with Crippen LogP contribution in [0.2, 0.25) is 5.02 Å². The second kappa shape index (κ2) is 6.84. The Morgan fingerprint density at radius 2 is 1.83 bits per heavy atom. The van der Waals surface area contributed by atoms with E-state index in [1.54, 1.807) is 0 Å². The van der Waals surface area contributed by atoms with Crippen LogP contribution in [0.5, 0.6) is 0 Å². The van der Waals surface area contributed by atoms with Crippen LogP contribution in [0.4, 0.5) is 14.5 Å². The number of nitrogens with zero attached hydrogens (tertiary/aromatic N) is 1. The molecule has 0 aliphatic carbocycles. The van der Waals surface area contributed by atoms with E-state index in [0.717, 1.165) is 16.4 Å². The minimum atomic E-state index is -3.78. The van der Waals surface area contributed by atoms with Crippen molar-refractivity contribution in [1.82, 2.24) is 4.31 Å². The van der Waals surface area contributed by atoms with Crippen molar-refractivity contribution in [2.45, 2.75) is 4.90 Å². The van der Waals surface area contributed by atoms with Gasteiger partial charge in [0, 0.05) is 14.1 Å². The fourth-order valence-corrected chi connectivity index (χ4v) is 2.97. The SMILES string of the molecule is CN(C)S(=O)(=O)c1ccc(Cl)c(C(=O)Nc2cccc(F)c2F)c1. The van der Waals surface area contributed by atoms with Crippen molar-refractivity contribution in [3.63, 3.8) is 0 Å². The van der Waals surface area contributed by atoms with Gasteiger partial charge in [0.25, 0.3) is 5.91 Å². The highest BCUT2D eigenvalue weighted by Crippen LogP contribution is 2.24. The molecule has 0 fully saturated rings. The number of halogens is 3. The van der Waals surface area contributed by atoms with Crippen LogP contribution in [0.1, 0.15) is 10.4 Å². The lowest BCUT2D eigenvalue weighted by Crippen LogP contribution is -2.23. The summed E-state index contributed by atoms with van der Waals surface area (Å²) in [6.45, 7) is 0. The molecule has 0 aliphatic rings. The summed E-state index contributed by atoms with van der Waals surface area (Å²) in [4.78, 5) is 12.1. The van der Waals surface area contributed by atoms with Gasteiger partial charge >= 0.3 is 0 Å². The van der Waals surface area contributed by atoms with E-state index in [1.165, 1.54) is 38.4 Å². The Labute approximate surface area is 142 Å². The number of carbonyl (C=O) groups excluding carboxylic acids is 1. The van der Waals surface area contributed by atoms with Crippen molar-refractivity contribution in [2.24, 2.45) is 0 Å². The number of rotatable bonds is 4. The Morgan fingerprint density at radius 3 is 2.46 bits per heavy atom. The molecular formula is C15H13ClF2N2O3S. The molecule has 0 heterocycles. The predicted molar refractivity (Wildman–Crippen MR) is 86.6 cm³/mol. The average Bonchev–Trinajstić information content (AvgIpc) is 2.51. The molecule has 0 aromatic heterocycles. The van der Waals surface area contributed by atoms with Crippen molar-refractivity contribution in [3.05, 3.63) is 58.6 Å². The van der Waals surface area contributed by atoms with Crippen LogP contribution in [0.25, 0.3) is 0 Å². The average molecular weight is 375 g/mol. The molecule has 9 heteroatoms. The van der Waals surface area contributed by atoms with Crippen LogP contribution >= 0.6 is 11.6 Å². The molecule has 24 heavy (non-hydrogen) atoms. The van der Waals surface area contributed by atoms with E-state index in [1.807, 2.05) is 0 Å². The number of sulfonamides is 1. The van der Waals surface area contributed by atoms with Crippen molar-refractivity contribution in [1.29, 1.82) is 0 Å². The number of anilines is 1. The fraction of sp³-hybridized carbons (Fsp3) is 0.133. The Balaban J connectivity index is 2.41. The van der Waals surface area contributed by atoms with Gasteiger partial charge < -0.3 is 5.32 Å². The molecule has 1 amide bonds. The minimum absolute atomic E-state index is 0.0259. The van der Waals surface area contributed by atoms with Crippen molar-refractivity contribution < 1.29 is 22.0 Å². The molecule has 0 spiro atoms. The van der Waals surface area contributed by atoms with E-state index < -0.39 is 27.6 Å².